The van der Waals surface area contributed by atoms with Crippen molar-refractivity contribution in [3.63, 3.8) is 0 Å². The van der Waals surface area contributed by atoms with E-state index in [1.165, 1.54) is 12.4 Å². The van der Waals surface area contributed by atoms with E-state index >= 15 is 0 Å². The van der Waals surface area contributed by atoms with Crippen molar-refractivity contribution < 1.29 is 14.6 Å². The van der Waals surface area contributed by atoms with E-state index in [4.69, 9.17) is 5.73 Å². The molecular weight excluding hydrogens is 239 g/mol. The molecule has 0 aliphatic heterocycles. The van der Waals surface area contributed by atoms with Gasteiger partial charge in [0.05, 0.1) is 24.0 Å². The number of nitrogen functional groups attached to an aromatic ring is 1. The van der Waals surface area contributed by atoms with E-state index in [1.54, 1.807) is 4.57 Å². The molecule has 6 nitrogen and oxygen atoms in total. The molecule has 3 unspecified atom stereocenters. The average molecular weight is 252 g/mol. The molecule has 1 saturated carbocycles. The topological polar surface area (TPSA) is 97.2 Å². The summed E-state index contributed by atoms with van der Waals surface area (Å²) in [6.07, 6.45) is 0.983. The van der Waals surface area contributed by atoms with Gasteiger partial charge in [0.15, 0.2) is 5.82 Å². The fraction of sp³-hybridized carbons (Fsp3) is 0.455. The number of halogens is 1. The van der Waals surface area contributed by atoms with Crippen molar-refractivity contribution in [1.82, 2.24) is 14.5 Å². The highest BCUT2D eigenvalue weighted by Crippen LogP contribution is 2.33. The van der Waals surface area contributed by atoms with Gasteiger partial charge in [-0.25, -0.2) is 9.97 Å². The number of aromatic nitrogens is 3. The molecular formula is C11H13FN4O2. The van der Waals surface area contributed by atoms with Crippen LogP contribution in [0, 0.1) is 5.95 Å². The Morgan fingerprint density at radius 3 is 2.83 bits per heavy atom. The van der Waals surface area contributed by atoms with Crippen LogP contribution >= 0.6 is 0 Å². The van der Waals surface area contributed by atoms with Gasteiger partial charge in [0.25, 0.3) is 0 Å². The zero-order valence-electron chi connectivity index (χ0n) is 9.49. The van der Waals surface area contributed by atoms with Crippen molar-refractivity contribution in [3.05, 3.63) is 18.3 Å². The van der Waals surface area contributed by atoms with E-state index in [2.05, 4.69) is 9.97 Å². The third kappa shape index (κ3) is 1.55. The summed E-state index contributed by atoms with van der Waals surface area (Å²) in [5, 5.41) is 19.4. The van der Waals surface area contributed by atoms with E-state index in [0.717, 1.165) is 0 Å². The van der Waals surface area contributed by atoms with Crippen molar-refractivity contribution >= 4 is 16.9 Å². The molecule has 1 aliphatic rings. The molecule has 2 aromatic rings. The van der Waals surface area contributed by atoms with Crippen LogP contribution < -0.4 is 5.73 Å². The Hall–Kier alpha value is -1.73. The van der Waals surface area contributed by atoms with Crippen molar-refractivity contribution in [2.45, 2.75) is 31.1 Å². The van der Waals surface area contributed by atoms with Crippen molar-refractivity contribution in [1.29, 1.82) is 0 Å². The van der Waals surface area contributed by atoms with Crippen LogP contribution in [0.15, 0.2) is 12.4 Å². The van der Waals surface area contributed by atoms with Gasteiger partial charge in [0.2, 0.25) is 5.95 Å². The molecule has 2 heterocycles. The maximum atomic E-state index is 13.3. The second-order valence-corrected chi connectivity index (χ2v) is 4.55. The summed E-state index contributed by atoms with van der Waals surface area (Å²) < 4.78 is 14.9. The predicted molar refractivity (Wildman–Crippen MR) is 62.2 cm³/mol. The third-order valence-electron chi connectivity index (χ3n) is 3.46. The van der Waals surface area contributed by atoms with Gasteiger partial charge < -0.3 is 20.5 Å². The Bertz CT molecular complexity index is 600. The molecule has 0 bridgehead atoms. The molecule has 7 heteroatoms. The van der Waals surface area contributed by atoms with Crippen LogP contribution in [0.2, 0.25) is 0 Å². The molecule has 1 fully saturated rings. The largest absolute Gasteiger partial charge is 0.390 e. The molecule has 18 heavy (non-hydrogen) atoms. The third-order valence-corrected chi connectivity index (χ3v) is 3.46. The Balaban J connectivity index is 2.13. The van der Waals surface area contributed by atoms with E-state index in [1.807, 2.05) is 0 Å². The number of fused-ring (bicyclic) bond motifs is 1. The zero-order chi connectivity index (χ0) is 12.9. The summed E-state index contributed by atoms with van der Waals surface area (Å²) >= 11 is 0. The first kappa shape index (κ1) is 11.4. The highest BCUT2D eigenvalue weighted by molar-refractivity contribution is 5.84. The Kier molecular flexibility index (Phi) is 2.46. The number of aliphatic hydroxyl groups is 2. The van der Waals surface area contributed by atoms with Gasteiger partial charge in [-0.1, -0.05) is 0 Å². The summed E-state index contributed by atoms with van der Waals surface area (Å²) in [5.41, 5.74) is 6.48. The number of aliphatic hydroxyl groups excluding tert-OH is 2. The Morgan fingerprint density at radius 1 is 1.39 bits per heavy atom. The molecule has 0 amide bonds. The second-order valence-electron chi connectivity index (χ2n) is 4.55. The summed E-state index contributed by atoms with van der Waals surface area (Å²) in [4.78, 5) is 7.58. The summed E-state index contributed by atoms with van der Waals surface area (Å²) in [5.74, 6) is -0.661. The van der Waals surface area contributed by atoms with Gasteiger partial charge in [0.1, 0.15) is 11.6 Å². The summed E-state index contributed by atoms with van der Waals surface area (Å²) in [6, 6.07) is 0.919. The van der Waals surface area contributed by atoms with Crippen LogP contribution in [0.25, 0.3) is 11.0 Å². The standard InChI is InChI=1S/C11H13FN4O2/c12-8-3-6-9(11(13)15-8)14-4-16(6)5-1-2-7(17)10(5)18/h3-5,7,10,17-18H,1-2H2,(H2,13,15). The smallest absolute Gasteiger partial charge is 0.217 e. The van der Waals surface area contributed by atoms with Crippen molar-refractivity contribution in [3.8, 4) is 0 Å². The van der Waals surface area contributed by atoms with Crippen LogP contribution in [0.1, 0.15) is 18.9 Å². The van der Waals surface area contributed by atoms with Crippen LogP contribution in [-0.4, -0.2) is 37.0 Å². The predicted octanol–water partition coefficient (Wildman–Crippen LogP) is 0.209. The molecule has 0 aromatic carbocycles. The minimum absolute atomic E-state index is 0.0248. The van der Waals surface area contributed by atoms with Gasteiger partial charge in [-0.2, -0.15) is 4.39 Å². The van der Waals surface area contributed by atoms with Gasteiger partial charge >= 0.3 is 0 Å². The van der Waals surface area contributed by atoms with E-state index in [9.17, 15) is 14.6 Å². The molecule has 1 aliphatic carbocycles. The summed E-state index contributed by atoms with van der Waals surface area (Å²) in [6.45, 7) is 0. The maximum Gasteiger partial charge on any atom is 0.217 e. The van der Waals surface area contributed by atoms with Gasteiger partial charge in [-0.05, 0) is 12.8 Å². The number of anilines is 1. The Morgan fingerprint density at radius 2 is 2.17 bits per heavy atom. The SMILES string of the molecule is Nc1nc(F)cc2c1ncn2C1CCC(O)C1O. The Labute approximate surface area is 102 Å². The minimum atomic E-state index is -0.875. The normalized spacial score (nSPS) is 28.1. The highest BCUT2D eigenvalue weighted by atomic mass is 19.1. The number of imidazole rings is 1. The van der Waals surface area contributed by atoms with Crippen LogP contribution in [0.4, 0.5) is 10.2 Å². The van der Waals surface area contributed by atoms with Crippen molar-refractivity contribution in [2.75, 3.05) is 5.73 Å². The first-order chi connectivity index (χ1) is 8.58. The quantitative estimate of drug-likeness (QED) is 0.630. The van der Waals surface area contributed by atoms with Gasteiger partial charge in [0, 0.05) is 6.07 Å². The molecule has 4 N–H and O–H groups in total. The van der Waals surface area contributed by atoms with Crippen LogP contribution in [0.5, 0.6) is 0 Å². The van der Waals surface area contributed by atoms with Crippen LogP contribution in [-0.2, 0) is 0 Å². The lowest BCUT2D eigenvalue weighted by Crippen LogP contribution is -2.26. The monoisotopic (exact) mass is 252 g/mol. The molecule has 0 saturated heterocycles. The molecule has 96 valence electrons. The van der Waals surface area contributed by atoms with Gasteiger partial charge in [-0.3, -0.25) is 0 Å². The van der Waals surface area contributed by atoms with Crippen LogP contribution in [0.3, 0.4) is 0 Å². The van der Waals surface area contributed by atoms with Gasteiger partial charge in [-0.15, -0.1) is 0 Å². The minimum Gasteiger partial charge on any atom is -0.390 e. The lowest BCUT2D eigenvalue weighted by molar-refractivity contribution is 0.0242. The highest BCUT2D eigenvalue weighted by Gasteiger charge is 2.35. The molecule has 3 rings (SSSR count). The molecule has 0 radical (unpaired) electrons. The number of nitrogens with two attached hydrogens (primary N) is 1. The lowest BCUT2D eigenvalue weighted by Gasteiger charge is -2.18. The number of hydrogen-bond acceptors (Lipinski definition) is 5. The fourth-order valence-electron chi connectivity index (χ4n) is 2.53. The zero-order valence-corrected chi connectivity index (χ0v) is 9.49. The first-order valence-electron chi connectivity index (χ1n) is 5.72. The van der Waals surface area contributed by atoms with E-state index < -0.39 is 18.2 Å². The molecule has 0 spiro atoms. The molecule has 2 aromatic heterocycles. The number of rotatable bonds is 1. The summed E-state index contributed by atoms with van der Waals surface area (Å²) in [7, 11) is 0. The first-order valence-corrected chi connectivity index (χ1v) is 5.72. The number of nitrogens with zero attached hydrogens (tertiary/aromatic N) is 3. The van der Waals surface area contributed by atoms with E-state index in [0.29, 0.717) is 23.9 Å². The average Bonchev–Trinajstić information content (AvgIpc) is 2.85. The number of pyridine rings is 1. The maximum absolute atomic E-state index is 13.3. The fourth-order valence-corrected chi connectivity index (χ4v) is 2.53. The van der Waals surface area contributed by atoms with E-state index in [-0.39, 0.29) is 11.9 Å². The lowest BCUT2D eigenvalue weighted by atomic mass is 10.2. The second kappa shape index (κ2) is 3.89. The molecule has 3 atom stereocenters. The number of hydrogen-bond donors (Lipinski definition) is 3. The van der Waals surface area contributed by atoms with Crippen molar-refractivity contribution in [2.24, 2.45) is 0 Å².